The van der Waals surface area contributed by atoms with Gasteiger partial charge in [-0.3, -0.25) is 9.59 Å². The fourth-order valence-electron chi connectivity index (χ4n) is 3.09. The summed E-state index contributed by atoms with van der Waals surface area (Å²) in [5.74, 6) is 0.983. The van der Waals surface area contributed by atoms with Crippen LogP contribution in [0.3, 0.4) is 0 Å². The molecule has 3 rings (SSSR count). The highest BCUT2D eigenvalue weighted by Crippen LogP contribution is 2.31. The first-order chi connectivity index (χ1) is 13.8. The molecule has 154 valence electrons. The zero-order chi connectivity index (χ0) is 21.1. The van der Waals surface area contributed by atoms with E-state index in [1.165, 1.54) is 11.8 Å². The van der Waals surface area contributed by atoms with Gasteiger partial charge in [-0.05, 0) is 49.6 Å². The second-order valence-corrected chi connectivity index (χ2v) is 7.97. The average Bonchev–Trinajstić information content (AvgIpc) is 2.69. The van der Waals surface area contributed by atoms with Gasteiger partial charge in [-0.1, -0.05) is 17.8 Å². The molecule has 7 nitrogen and oxygen atoms in total. The molecule has 0 saturated heterocycles. The molecule has 0 spiro atoms. The van der Waals surface area contributed by atoms with Crippen LogP contribution in [-0.4, -0.2) is 47.7 Å². The smallest absolute Gasteiger partial charge is 0.251 e. The number of rotatable bonds is 6. The second kappa shape index (κ2) is 8.73. The highest BCUT2D eigenvalue weighted by molar-refractivity contribution is 8.00. The van der Waals surface area contributed by atoms with E-state index in [-0.39, 0.29) is 11.7 Å². The summed E-state index contributed by atoms with van der Waals surface area (Å²) in [6.45, 7) is 7.15. The van der Waals surface area contributed by atoms with Crippen molar-refractivity contribution in [3.05, 3.63) is 46.1 Å². The fraction of sp³-hybridized carbons (Fsp3) is 0.381. The van der Waals surface area contributed by atoms with Crippen molar-refractivity contribution < 1.29 is 19.1 Å². The first-order valence-electron chi connectivity index (χ1n) is 9.30. The van der Waals surface area contributed by atoms with Crippen LogP contribution in [0.4, 0.5) is 0 Å². The van der Waals surface area contributed by atoms with Crippen LogP contribution < -0.4 is 15.2 Å². The van der Waals surface area contributed by atoms with Crippen molar-refractivity contribution in [2.75, 3.05) is 26.0 Å². The normalized spacial score (nSPS) is 12.6. The molecule has 0 unspecified atom stereocenters. The van der Waals surface area contributed by atoms with E-state index < -0.39 is 5.91 Å². The van der Waals surface area contributed by atoms with Gasteiger partial charge in [0.1, 0.15) is 18.2 Å². The molecule has 0 bridgehead atoms. The lowest BCUT2D eigenvalue weighted by Gasteiger charge is -2.21. The molecule has 1 aromatic carbocycles. The molecule has 0 radical (unpaired) electrons. The third-order valence-corrected chi connectivity index (χ3v) is 5.95. The quantitative estimate of drug-likeness (QED) is 0.729. The number of pyridine rings is 1. The van der Waals surface area contributed by atoms with Crippen LogP contribution in [0.2, 0.25) is 0 Å². The SMILES string of the molecule is Cc1nc(SCC(=O)N(C)Cc2ccc3c(c2)OCCO3)c(C(N)=O)c(C)c1C. The summed E-state index contributed by atoms with van der Waals surface area (Å²) in [6, 6.07) is 5.67. The van der Waals surface area contributed by atoms with Crippen molar-refractivity contribution in [3.63, 3.8) is 0 Å². The number of aryl methyl sites for hydroxylation is 1. The summed E-state index contributed by atoms with van der Waals surface area (Å²) >= 11 is 1.23. The summed E-state index contributed by atoms with van der Waals surface area (Å²) in [6.07, 6.45) is 0. The number of aromatic nitrogens is 1. The van der Waals surface area contributed by atoms with Crippen molar-refractivity contribution in [1.29, 1.82) is 0 Å². The number of nitrogens with two attached hydrogens (primary N) is 1. The number of fused-ring (bicyclic) bond motifs is 1. The zero-order valence-corrected chi connectivity index (χ0v) is 17.9. The summed E-state index contributed by atoms with van der Waals surface area (Å²) in [7, 11) is 1.74. The van der Waals surface area contributed by atoms with Gasteiger partial charge in [-0.25, -0.2) is 4.98 Å². The van der Waals surface area contributed by atoms with E-state index >= 15 is 0 Å². The zero-order valence-electron chi connectivity index (χ0n) is 17.1. The van der Waals surface area contributed by atoms with Gasteiger partial charge in [-0.2, -0.15) is 0 Å². The lowest BCUT2D eigenvalue weighted by Crippen LogP contribution is -2.28. The molecule has 0 fully saturated rings. The van der Waals surface area contributed by atoms with E-state index in [0.717, 1.165) is 28.1 Å². The van der Waals surface area contributed by atoms with Crippen molar-refractivity contribution in [2.45, 2.75) is 32.3 Å². The van der Waals surface area contributed by atoms with Crippen LogP contribution >= 0.6 is 11.8 Å². The second-order valence-electron chi connectivity index (χ2n) is 7.01. The predicted octanol–water partition coefficient (Wildman–Crippen LogP) is 2.63. The lowest BCUT2D eigenvalue weighted by molar-refractivity contribution is -0.127. The number of carbonyl (C=O) groups is 2. The molecule has 2 amide bonds. The number of primary amides is 1. The Morgan fingerprint density at radius 1 is 1.14 bits per heavy atom. The number of hydrogen-bond donors (Lipinski definition) is 1. The summed E-state index contributed by atoms with van der Waals surface area (Å²) < 4.78 is 11.1. The van der Waals surface area contributed by atoms with Crippen LogP contribution in [-0.2, 0) is 11.3 Å². The maximum atomic E-state index is 12.6. The van der Waals surface area contributed by atoms with E-state index in [1.807, 2.05) is 39.0 Å². The van der Waals surface area contributed by atoms with Gasteiger partial charge in [0.05, 0.1) is 11.3 Å². The Morgan fingerprint density at radius 3 is 2.52 bits per heavy atom. The van der Waals surface area contributed by atoms with E-state index in [9.17, 15) is 9.59 Å². The van der Waals surface area contributed by atoms with Crippen LogP contribution in [0.1, 0.15) is 32.7 Å². The molecule has 0 saturated carbocycles. The summed E-state index contributed by atoms with van der Waals surface area (Å²) in [5.41, 5.74) is 9.46. The third kappa shape index (κ3) is 4.64. The lowest BCUT2D eigenvalue weighted by atomic mass is 10.0. The molecule has 2 N–H and O–H groups in total. The molecule has 2 aromatic rings. The van der Waals surface area contributed by atoms with Crippen molar-refractivity contribution in [3.8, 4) is 11.5 Å². The summed E-state index contributed by atoms with van der Waals surface area (Å²) in [4.78, 5) is 30.6. The van der Waals surface area contributed by atoms with Gasteiger partial charge in [0.25, 0.3) is 5.91 Å². The van der Waals surface area contributed by atoms with E-state index in [1.54, 1.807) is 11.9 Å². The number of amides is 2. The van der Waals surface area contributed by atoms with E-state index in [0.29, 0.717) is 36.1 Å². The number of carbonyl (C=O) groups excluding carboxylic acids is 2. The molecule has 0 aliphatic carbocycles. The minimum absolute atomic E-state index is 0.0713. The molecule has 1 aliphatic heterocycles. The minimum Gasteiger partial charge on any atom is -0.486 e. The van der Waals surface area contributed by atoms with Crippen LogP contribution in [0, 0.1) is 20.8 Å². The monoisotopic (exact) mass is 415 g/mol. The topological polar surface area (TPSA) is 94.8 Å². The van der Waals surface area contributed by atoms with Gasteiger partial charge in [0.15, 0.2) is 11.5 Å². The molecule has 0 atom stereocenters. The highest BCUT2D eigenvalue weighted by atomic mass is 32.2. The Hall–Kier alpha value is -2.74. The minimum atomic E-state index is -0.530. The first-order valence-corrected chi connectivity index (χ1v) is 10.3. The maximum absolute atomic E-state index is 12.6. The van der Waals surface area contributed by atoms with E-state index in [2.05, 4.69) is 4.98 Å². The molecular weight excluding hydrogens is 390 g/mol. The van der Waals surface area contributed by atoms with E-state index in [4.69, 9.17) is 15.2 Å². The predicted molar refractivity (Wildman–Crippen MR) is 112 cm³/mol. The largest absolute Gasteiger partial charge is 0.486 e. The average molecular weight is 416 g/mol. The van der Waals surface area contributed by atoms with Crippen molar-refractivity contribution in [1.82, 2.24) is 9.88 Å². The highest BCUT2D eigenvalue weighted by Gasteiger charge is 2.20. The van der Waals surface area contributed by atoms with Gasteiger partial charge in [-0.15, -0.1) is 0 Å². The summed E-state index contributed by atoms with van der Waals surface area (Å²) in [5, 5.41) is 0.499. The van der Waals surface area contributed by atoms with Crippen LogP contribution in [0.5, 0.6) is 11.5 Å². The number of nitrogens with zero attached hydrogens (tertiary/aromatic N) is 2. The first kappa shape index (κ1) is 21.0. The van der Waals surface area contributed by atoms with Crippen LogP contribution in [0.15, 0.2) is 23.2 Å². The van der Waals surface area contributed by atoms with Gasteiger partial charge < -0.3 is 20.1 Å². The Labute approximate surface area is 174 Å². The Balaban J connectivity index is 1.67. The number of benzene rings is 1. The fourth-order valence-corrected chi connectivity index (χ4v) is 4.17. The third-order valence-electron chi connectivity index (χ3n) is 4.99. The molecular formula is C21H25N3O4S. The van der Waals surface area contributed by atoms with Gasteiger partial charge >= 0.3 is 0 Å². The van der Waals surface area contributed by atoms with Crippen LogP contribution in [0.25, 0.3) is 0 Å². The molecule has 2 heterocycles. The standard InChI is InChI=1S/C21H25N3O4S/c1-12-13(2)19(20(22)26)21(23-14(12)3)29-11-18(25)24(4)10-15-5-6-16-17(9-15)28-8-7-27-16/h5-6,9H,7-8,10-11H2,1-4H3,(H2,22,26). The number of hydrogen-bond acceptors (Lipinski definition) is 6. The van der Waals surface area contributed by atoms with Crippen molar-refractivity contribution >= 4 is 23.6 Å². The van der Waals surface area contributed by atoms with Gasteiger partial charge in [0.2, 0.25) is 5.91 Å². The Kier molecular flexibility index (Phi) is 6.32. The number of thioether (sulfide) groups is 1. The Bertz CT molecular complexity index is 961. The molecule has 1 aliphatic rings. The van der Waals surface area contributed by atoms with Gasteiger partial charge in [0, 0.05) is 19.3 Å². The molecule has 29 heavy (non-hydrogen) atoms. The number of ether oxygens (including phenoxy) is 2. The van der Waals surface area contributed by atoms with Crippen molar-refractivity contribution in [2.24, 2.45) is 5.73 Å². The maximum Gasteiger partial charge on any atom is 0.251 e. The molecule has 1 aromatic heterocycles. The Morgan fingerprint density at radius 2 is 1.83 bits per heavy atom. The molecule has 8 heteroatoms.